The number of fused-ring (bicyclic) bond motifs is 8. The Morgan fingerprint density at radius 3 is 2.05 bits per heavy atom. The van der Waals surface area contributed by atoms with E-state index < -0.39 is 49.7 Å². The Morgan fingerprint density at radius 2 is 1.47 bits per heavy atom. The number of nitrogens with zero attached hydrogens (tertiary/aromatic N) is 1. The van der Waals surface area contributed by atoms with Crippen molar-refractivity contribution in [2.45, 2.75) is 103 Å². The van der Waals surface area contributed by atoms with Gasteiger partial charge in [0, 0.05) is 29.6 Å². The second-order valence-electron chi connectivity index (χ2n) is 17.5. The number of nitrogens with one attached hydrogen (secondary N) is 3. The van der Waals surface area contributed by atoms with E-state index in [-0.39, 0.29) is 46.9 Å². The molecule has 7 rings (SSSR count). The summed E-state index contributed by atoms with van der Waals surface area (Å²) in [4.78, 5) is 58.2. The molecule has 0 unspecified atom stereocenters. The average Bonchev–Trinajstić information content (AvgIpc) is 3.60. The molecule has 3 amide bonds. The summed E-state index contributed by atoms with van der Waals surface area (Å²) in [5, 5.41) is 10.8. The summed E-state index contributed by atoms with van der Waals surface area (Å²) in [5.41, 5.74) is 3.57. The zero-order valence-electron chi connectivity index (χ0n) is 39.3. The van der Waals surface area contributed by atoms with Crippen LogP contribution in [0, 0.1) is 0 Å². The van der Waals surface area contributed by atoms with E-state index in [1.54, 1.807) is 45.4 Å². The van der Waals surface area contributed by atoms with E-state index in [1.807, 2.05) is 54.6 Å². The van der Waals surface area contributed by atoms with Gasteiger partial charge in [0.25, 0.3) is 0 Å². The van der Waals surface area contributed by atoms with Crippen LogP contribution in [0.3, 0.4) is 0 Å². The monoisotopic (exact) mass is 958 g/mol. The van der Waals surface area contributed by atoms with E-state index in [9.17, 15) is 9.59 Å². The number of hydrogen-bond donors (Lipinski definition) is 3. The molecule has 16 heteroatoms. The maximum absolute atomic E-state index is 15.2. The highest BCUT2D eigenvalue weighted by Gasteiger charge is 2.40. The minimum atomic E-state index is -2.50. The van der Waals surface area contributed by atoms with Gasteiger partial charge in [-0.1, -0.05) is 105 Å². The summed E-state index contributed by atoms with van der Waals surface area (Å²) in [7, 11) is 2.01. The molecule has 0 aliphatic carbocycles. The minimum absolute atomic E-state index is 0.0140. The third-order valence-electron chi connectivity index (χ3n) is 12.4. The quantitative estimate of drug-likeness (QED) is 0.0979. The van der Waals surface area contributed by atoms with Crippen LogP contribution in [0.1, 0.15) is 87.6 Å². The Morgan fingerprint density at radius 1 is 0.818 bits per heavy atom. The van der Waals surface area contributed by atoms with Crippen molar-refractivity contribution in [1.82, 2.24) is 20.5 Å². The first kappa shape index (κ1) is 49.9. The van der Waals surface area contributed by atoms with Gasteiger partial charge in [-0.25, -0.2) is 4.79 Å². The third-order valence-corrected chi connectivity index (χ3v) is 18.5. The number of hydrogen-bond acceptors (Lipinski definition) is 9. The smallest absolute Gasteiger partial charge is 0.408 e. The van der Waals surface area contributed by atoms with Crippen LogP contribution in [0.5, 0.6) is 17.2 Å². The molecule has 66 heavy (non-hydrogen) atoms. The number of ether oxygens (including phenoxy) is 5. The van der Waals surface area contributed by atoms with Crippen LogP contribution in [0.4, 0.5) is 4.79 Å². The molecule has 3 atom stereocenters. The lowest BCUT2D eigenvalue weighted by Crippen LogP contribution is -2.55. The van der Waals surface area contributed by atoms with Crippen LogP contribution >= 0.6 is 23.2 Å². The van der Waals surface area contributed by atoms with Crippen molar-refractivity contribution in [2.24, 2.45) is 0 Å². The van der Waals surface area contributed by atoms with E-state index in [2.05, 4.69) is 36.7 Å². The molecule has 352 valence electrons. The molecular formula is C50H60Cl2N4O9Si. The Kier molecular flexibility index (Phi) is 15.8. The lowest BCUT2D eigenvalue weighted by molar-refractivity contribution is -0.130. The molecule has 1 aromatic heterocycles. The molecule has 4 aromatic carbocycles. The zero-order chi connectivity index (χ0) is 48.1. The van der Waals surface area contributed by atoms with E-state index >= 15 is 9.59 Å². The zero-order valence-corrected chi connectivity index (χ0v) is 41.8. The molecule has 3 N–H and O–H groups in total. The summed E-state index contributed by atoms with van der Waals surface area (Å²) in [6.07, 6.45) is -0.889. The Hall–Kier alpha value is -5.54. The highest BCUT2D eigenvalue weighted by Crippen LogP contribution is 2.43. The van der Waals surface area contributed by atoms with E-state index in [1.165, 1.54) is 26.4 Å². The highest BCUT2D eigenvalue weighted by atomic mass is 35.5. The van der Waals surface area contributed by atoms with E-state index in [4.69, 9.17) is 46.9 Å². The number of rotatable bonds is 13. The summed E-state index contributed by atoms with van der Waals surface area (Å²) in [6.45, 7) is 13.4. The normalized spacial score (nSPS) is 16.8. The average molecular weight is 960 g/mol. The van der Waals surface area contributed by atoms with Crippen molar-refractivity contribution in [3.8, 4) is 28.4 Å². The Labute approximate surface area is 397 Å². The highest BCUT2D eigenvalue weighted by molar-refractivity contribution is 6.92. The van der Waals surface area contributed by atoms with Gasteiger partial charge in [0.2, 0.25) is 17.7 Å². The first-order chi connectivity index (χ1) is 31.4. The topological polar surface area (TPSA) is 155 Å². The Bertz CT molecular complexity index is 2580. The predicted molar refractivity (Wildman–Crippen MR) is 261 cm³/mol. The van der Waals surface area contributed by atoms with Crippen molar-refractivity contribution in [1.29, 1.82) is 0 Å². The fraction of sp³-hybridized carbons (Fsp3) is 0.400. The van der Waals surface area contributed by atoms with Gasteiger partial charge >= 0.3 is 6.09 Å². The summed E-state index contributed by atoms with van der Waals surface area (Å²) >= 11 is 13.4. The number of benzene rings is 4. The molecule has 2 aliphatic heterocycles. The van der Waals surface area contributed by atoms with Gasteiger partial charge in [-0.2, -0.15) is 0 Å². The van der Waals surface area contributed by atoms with Gasteiger partial charge in [0.15, 0.2) is 17.2 Å². The van der Waals surface area contributed by atoms with Crippen molar-refractivity contribution in [2.75, 3.05) is 27.9 Å². The number of alkyl carbamates (subject to hydrolysis) is 1. The molecule has 13 nitrogen and oxygen atoms in total. The summed E-state index contributed by atoms with van der Waals surface area (Å²) < 4.78 is 31.3. The lowest BCUT2D eigenvalue weighted by Gasteiger charge is -2.32. The maximum Gasteiger partial charge on any atom is 0.408 e. The number of halogens is 2. The SMILES string of the molecule is CC[Si](CC)(CC)c1c2c3ccc(cc3n1C(C)=O)-c1cc(cc(OC)c1OC)[C@H](COCc1ccccc1)NC(=O)[C@@H](c1cc(Cl)c(OC)c(Cl)c1)NC(=O)[C@H](NC(=O)OC(C)(C)C)C2. The maximum atomic E-state index is 15.2. The van der Waals surface area contributed by atoms with Gasteiger partial charge in [0.1, 0.15) is 25.8 Å². The van der Waals surface area contributed by atoms with Crippen molar-refractivity contribution in [3.63, 3.8) is 0 Å². The molecule has 0 saturated heterocycles. The lowest BCUT2D eigenvalue weighted by atomic mass is 9.95. The fourth-order valence-electron chi connectivity index (χ4n) is 8.96. The number of carbonyl (C=O) groups excluding carboxylic acids is 4. The van der Waals surface area contributed by atoms with E-state index in [0.29, 0.717) is 33.7 Å². The number of carbonyl (C=O) groups is 4. The fourth-order valence-corrected chi connectivity index (χ4v) is 13.8. The first-order valence-corrected chi connectivity index (χ1v) is 25.5. The molecule has 0 fully saturated rings. The van der Waals surface area contributed by atoms with Crippen LogP contribution < -0.4 is 35.5 Å². The van der Waals surface area contributed by atoms with Crippen molar-refractivity contribution in [3.05, 3.63) is 105 Å². The van der Waals surface area contributed by atoms with Crippen molar-refractivity contribution >= 4 is 71.3 Å². The summed E-state index contributed by atoms with van der Waals surface area (Å²) in [5.74, 6) is -0.528. The van der Waals surface area contributed by atoms with Gasteiger partial charge in [-0.05, 0) is 78.9 Å². The molecule has 5 aromatic rings. The van der Waals surface area contributed by atoms with Crippen molar-refractivity contribution < 1.29 is 42.9 Å². The number of methoxy groups -OCH3 is 3. The molecule has 3 heterocycles. The third kappa shape index (κ3) is 10.5. The van der Waals surface area contributed by atoms with Gasteiger partial charge in [0.05, 0.1) is 56.1 Å². The molecular weight excluding hydrogens is 900 g/mol. The predicted octanol–water partition coefficient (Wildman–Crippen LogP) is 9.70. The van der Waals surface area contributed by atoms with Crippen LogP contribution in [0.25, 0.3) is 22.0 Å². The largest absolute Gasteiger partial charge is 0.494 e. The molecule has 0 radical (unpaired) electrons. The van der Waals surface area contributed by atoms with Crippen LogP contribution in [0.15, 0.2) is 72.8 Å². The molecule has 0 saturated carbocycles. The number of aromatic nitrogens is 1. The Balaban J connectivity index is 1.68. The van der Waals surface area contributed by atoms with Crippen LogP contribution in [-0.4, -0.2) is 76.0 Å². The van der Waals surface area contributed by atoms with E-state index in [0.717, 1.165) is 40.0 Å². The van der Waals surface area contributed by atoms with Gasteiger partial charge in [-0.15, -0.1) is 0 Å². The number of amides is 3. The molecule has 6 bridgehead atoms. The molecule has 2 aliphatic rings. The van der Waals surface area contributed by atoms with Crippen LogP contribution in [0.2, 0.25) is 28.2 Å². The summed E-state index contributed by atoms with van der Waals surface area (Å²) in [6, 6.07) is 21.0. The second-order valence-corrected chi connectivity index (χ2v) is 23.5. The van der Waals surface area contributed by atoms with Gasteiger partial charge < -0.3 is 39.6 Å². The second kappa shape index (κ2) is 21.0. The first-order valence-electron chi connectivity index (χ1n) is 22.1. The standard InChI is InChI=1S/C50H60Cl2N4O9Si/c1-11-66(12-2,13-3)48-36-26-39(54-49(60)65-50(5,6)7)46(58)55-43(33-22-37(51)45(63-10)38(52)23-33)47(59)53-40(28-64-27-30-17-15-14-16-18-30)32-21-35(44(62-9)42(25-32)61-8)31-19-20-34(36)41(24-31)56(48)29(4)57/h14-25,39-40,43H,11-13,26-28H2,1-10H3,(H,53,59)(H,54,60)(H,55,58)/t39-,40+,43-/m1/s1. The molecule has 0 spiro atoms. The van der Waals surface area contributed by atoms with Gasteiger partial charge in [-0.3, -0.25) is 19.0 Å². The van der Waals surface area contributed by atoms with Crippen LogP contribution in [-0.2, 0) is 32.1 Å². The minimum Gasteiger partial charge on any atom is -0.494 e.